The van der Waals surface area contributed by atoms with Gasteiger partial charge in [-0.2, -0.15) is 14.5 Å². The van der Waals surface area contributed by atoms with Crippen LogP contribution in [0.1, 0.15) is 49.6 Å². The number of anilines is 4. The van der Waals surface area contributed by atoms with Crippen LogP contribution < -0.4 is 15.5 Å². The molecular weight excluding hydrogens is 423 g/mol. The van der Waals surface area contributed by atoms with Gasteiger partial charge in [-0.1, -0.05) is 26.0 Å². The summed E-state index contributed by atoms with van der Waals surface area (Å²) < 4.78 is 13.1. The normalized spacial score (nSPS) is 17.0. The summed E-state index contributed by atoms with van der Waals surface area (Å²) in [4.78, 5) is 28.1. The van der Waals surface area contributed by atoms with E-state index in [2.05, 4.69) is 39.7 Å². The second kappa shape index (κ2) is 8.61. The lowest BCUT2D eigenvalue weighted by Crippen LogP contribution is -2.40. The molecule has 4 heterocycles. The maximum atomic E-state index is 13.1. The Morgan fingerprint density at radius 3 is 2.94 bits per heavy atom. The molecule has 0 radical (unpaired) electrons. The van der Waals surface area contributed by atoms with Gasteiger partial charge in [0, 0.05) is 30.3 Å². The first-order valence-electron chi connectivity index (χ1n) is 11.1. The van der Waals surface area contributed by atoms with Crippen LogP contribution in [-0.2, 0) is 11.2 Å². The van der Waals surface area contributed by atoms with Crippen LogP contribution in [0.25, 0.3) is 6.08 Å². The Balaban J connectivity index is 1.40. The lowest BCUT2D eigenvalue weighted by atomic mass is 10.1. The van der Waals surface area contributed by atoms with E-state index in [1.165, 1.54) is 18.3 Å². The molecule has 1 aliphatic heterocycles. The maximum absolute atomic E-state index is 13.1. The fourth-order valence-electron chi connectivity index (χ4n) is 4.12. The fourth-order valence-corrected chi connectivity index (χ4v) is 4.12. The SMILES string of the molecule is CC(C)c1cc(Nc2nc(N3CCC[C@@H]3C(=O)Nc3ccc(F)nc3)nc3c2C=CC3)n[nH]1. The Morgan fingerprint density at radius 2 is 2.18 bits per heavy atom. The second-order valence-electron chi connectivity index (χ2n) is 8.54. The van der Waals surface area contributed by atoms with Crippen LogP contribution in [0.15, 0.2) is 30.5 Å². The molecule has 0 aromatic carbocycles. The first kappa shape index (κ1) is 21.0. The number of amides is 1. The molecular formula is C23H25FN8O. The molecule has 1 saturated heterocycles. The zero-order chi connectivity index (χ0) is 22.9. The van der Waals surface area contributed by atoms with E-state index in [-0.39, 0.29) is 5.91 Å². The number of halogens is 1. The summed E-state index contributed by atoms with van der Waals surface area (Å²) >= 11 is 0. The van der Waals surface area contributed by atoms with E-state index in [9.17, 15) is 9.18 Å². The van der Waals surface area contributed by atoms with Crippen molar-refractivity contribution in [2.75, 3.05) is 22.1 Å². The summed E-state index contributed by atoms with van der Waals surface area (Å²) in [5, 5.41) is 13.5. The second-order valence-corrected chi connectivity index (χ2v) is 8.54. The number of aromatic amines is 1. The molecule has 1 atom stereocenters. The van der Waals surface area contributed by atoms with E-state index >= 15 is 0 Å². The third-order valence-electron chi connectivity index (χ3n) is 5.88. The molecule has 0 saturated carbocycles. The number of allylic oxidation sites excluding steroid dienone is 1. The Kier molecular flexibility index (Phi) is 5.49. The van der Waals surface area contributed by atoms with Crippen molar-refractivity contribution in [3.8, 4) is 0 Å². The topological polar surface area (TPSA) is 112 Å². The molecule has 3 aromatic heterocycles. The molecule has 0 bridgehead atoms. The molecule has 3 N–H and O–H groups in total. The van der Waals surface area contributed by atoms with Crippen molar-refractivity contribution in [2.24, 2.45) is 0 Å². The van der Waals surface area contributed by atoms with Gasteiger partial charge in [0.15, 0.2) is 5.82 Å². The van der Waals surface area contributed by atoms with E-state index in [0.29, 0.717) is 48.6 Å². The van der Waals surface area contributed by atoms with Crippen molar-refractivity contribution in [1.29, 1.82) is 0 Å². The first-order chi connectivity index (χ1) is 16.0. The average Bonchev–Trinajstić information content (AvgIpc) is 3.55. The average molecular weight is 449 g/mol. The van der Waals surface area contributed by atoms with Gasteiger partial charge < -0.3 is 15.5 Å². The summed E-state index contributed by atoms with van der Waals surface area (Å²) in [6.45, 7) is 4.87. The molecule has 0 unspecified atom stereocenters. The number of fused-ring (bicyclic) bond motifs is 1. The number of aromatic nitrogens is 5. The van der Waals surface area contributed by atoms with E-state index in [0.717, 1.165) is 23.4 Å². The Hall–Kier alpha value is -3.82. The largest absolute Gasteiger partial charge is 0.329 e. The minimum atomic E-state index is -0.590. The number of nitrogens with zero attached hydrogens (tertiary/aromatic N) is 5. The lowest BCUT2D eigenvalue weighted by molar-refractivity contribution is -0.117. The number of rotatable bonds is 6. The van der Waals surface area contributed by atoms with Gasteiger partial charge >= 0.3 is 0 Å². The quantitative estimate of drug-likeness (QED) is 0.492. The number of carbonyl (C=O) groups excluding carboxylic acids is 1. The fraction of sp³-hybridized carbons (Fsp3) is 0.348. The summed E-state index contributed by atoms with van der Waals surface area (Å²) in [5.74, 6) is 1.42. The Bertz CT molecular complexity index is 1200. The van der Waals surface area contributed by atoms with Gasteiger partial charge in [0.2, 0.25) is 17.8 Å². The van der Waals surface area contributed by atoms with Crippen LogP contribution in [0.2, 0.25) is 0 Å². The number of hydrogen-bond acceptors (Lipinski definition) is 7. The van der Waals surface area contributed by atoms with Crippen molar-refractivity contribution < 1.29 is 9.18 Å². The smallest absolute Gasteiger partial charge is 0.247 e. The monoisotopic (exact) mass is 448 g/mol. The minimum absolute atomic E-state index is 0.188. The predicted molar refractivity (Wildman–Crippen MR) is 124 cm³/mol. The van der Waals surface area contributed by atoms with Crippen molar-refractivity contribution in [1.82, 2.24) is 25.1 Å². The minimum Gasteiger partial charge on any atom is -0.329 e. The molecule has 10 heteroatoms. The zero-order valence-corrected chi connectivity index (χ0v) is 18.5. The van der Waals surface area contributed by atoms with Gasteiger partial charge in [-0.25, -0.2) is 9.97 Å². The van der Waals surface area contributed by atoms with E-state index in [1.54, 1.807) is 0 Å². The zero-order valence-electron chi connectivity index (χ0n) is 18.5. The van der Waals surface area contributed by atoms with Crippen molar-refractivity contribution in [3.05, 3.63) is 53.4 Å². The molecule has 0 spiro atoms. The van der Waals surface area contributed by atoms with Crippen LogP contribution in [-0.4, -0.2) is 43.6 Å². The van der Waals surface area contributed by atoms with Gasteiger partial charge in [0.1, 0.15) is 11.9 Å². The summed E-state index contributed by atoms with van der Waals surface area (Å²) in [6, 6.07) is 4.26. The van der Waals surface area contributed by atoms with Crippen molar-refractivity contribution >= 4 is 35.3 Å². The van der Waals surface area contributed by atoms with Crippen LogP contribution >= 0.6 is 0 Å². The van der Waals surface area contributed by atoms with Gasteiger partial charge in [-0.05, 0) is 30.9 Å². The lowest BCUT2D eigenvalue weighted by Gasteiger charge is -2.25. The van der Waals surface area contributed by atoms with E-state index in [1.807, 2.05) is 23.1 Å². The standard InChI is InChI=1S/C23H25FN8O/c1-13(2)17-11-20(31-30-17)28-21-15-5-3-6-16(15)27-23(29-21)32-10-4-7-18(32)22(33)26-14-8-9-19(24)25-12-14/h3,5,8-9,11-13,18H,4,6-7,10H2,1-2H3,(H,26,33)(H2,27,28,29,30,31)/t18-/m1/s1. The third kappa shape index (κ3) is 4.28. The highest BCUT2D eigenvalue weighted by atomic mass is 19.1. The molecule has 2 aliphatic rings. The Labute approximate surface area is 190 Å². The molecule has 5 rings (SSSR count). The first-order valence-corrected chi connectivity index (χ1v) is 11.1. The Morgan fingerprint density at radius 1 is 1.30 bits per heavy atom. The van der Waals surface area contributed by atoms with Crippen molar-refractivity contribution in [2.45, 2.75) is 45.1 Å². The van der Waals surface area contributed by atoms with Crippen LogP contribution in [0, 0.1) is 5.95 Å². The van der Waals surface area contributed by atoms with E-state index in [4.69, 9.17) is 9.97 Å². The number of H-pyrrole nitrogens is 1. The molecule has 3 aromatic rings. The van der Waals surface area contributed by atoms with E-state index < -0.39 is 12.0 Å². The summed E-state index contributed by atoms with van der Waals surface area (Å²) in [5.41, 5.74) is 3.33. The molecule has 1 fully saturated rings. The van der Waals surface area contributed by atoms with Crippen LogP contribution in [0.4, 0.5) is 27.7 Å². The molecule has 1 amide bonds. The van der Waals surface area contributed by atoms with Gasteiger partial charge in [-0.15, -0.1) is 0 Å². The van der Waals surface area contributed by atoms with Crippen LogP contribution in [0.3, 0.4) is 0 Å². The summed E-state index contributed by atoms with van der Waals surface area (Å²) in [7, 11) is 0. The maximum Gasteiger partial charge on any atom is 0.247 e. The van der Waals surface area contributed by atoms with Gasteiger partial charge in [0.25, 0.3) is 0 Å². The summed E-state index contributed by atoms with van der Waals surface area (Å²) in [6.07, 6.45) is 7.60. The molecule has 170 valence electrons. The number of nitrogens with one attached hydrogen (secondary N) is 3. The van der Waals surface area contributed by atoms with Crippen molar-refractivity contribution in [3.63, 3.8) is 0 Å². The van der Waals surface area contributed by atoms with Crippen LogP contribution in [0.5, 0.6) is 0 Å². The highest BCUT2D eigenvalue weighted by Gasteiger charge is 2.33. The molecule has 1 aliphatic carbocycles. The third-order valence-corrected chi connectivity index (χ3v) is 5.88. The molecule has 9 nitrogen and oxygen atoms in total. The highest BCUT2D eigenvalue weighted by Crippen LogP contribution is 2.32. The number of carbonyl (C=O) groups is 1. The number of pyridine rings is 1. The predicted octanol–water partition coefficient (Wildman–Crippen LogP) is 3.78. The molecule has 33 heavy (non-hydrogen) atoms. The van der Waals surface area contributed by atoms with Gasteiger partial charge in [-0.3, -0.25) is 9.89 Å². The highest BCUT2D eigenvalue weighted by molar-refractivity contribution is 5.97. The van der Waals surface area contributed by atoms with Gasteiger partial charge in [0.05, 0.1) is 17.6 Å². The number of hydrogen-bond donors (Lipinski definition) is 3.